The van der Waals surface area contributed by atoms with E-state index in [0.29, 0.717) is 30.2 Å². The zero-order valence-electron chi connectivity index (χ0n) is 13.8. The monoisotopic (exact) mass is 378 g/mol. The average Bonchev–Trinajstić information content (AvgIpc) is 3.26. The molecule has 25 heavy (non-hydrogen) atoms. The van der Waals surface area contributed by atoms with Crippen LogP contribution >= 0.6 is 11.3 Å². The minimum atomic E-state index is -3.50. The highest BCUT2D eigenvalue weighted by Crippen LogP contribution is 2.19. The molecule has 7 nitrogen and oxygen atoms in total. The maximum Gasteiger partial charge on any atom is 0.240 e. The third-order valence-corrected chi connectivity index (χ3v) is 5.46. The van der Waals surface area contributed by atoms with Crippen molar-refractivity contribution in [2.24, 2.45) is 5.92 Å². The van der Waals surface area contributed by atoms with Crippen molar-refractivity contribution >= 4 is 21.4 Å². The second-order valence-electron chi connectivity index (χ2n) is 5.94. The number of aromatic nitrogens is 3. The number of thiazole rings is 1. The standard InChI is InChI=1S/C16H18N4O3S2/c1-11(2)8-18-25(21,22)14-5-3-12(4-6-14)16-19-15(23-20-16)7-13-9-24-10-17-13/h3-6,9-11,18H,7-8H2,1-2H3. The van der Waals surface area contributed by atoms with Crippen molar-refractivity contribution in [3.63, 3.8) is 0 Å². The quantitative estimate of drug-likeness (QED) is 0.679. The molecular weight excluding hydrogens is 360 g/mol. The molecule has 1 aromatic carbocycles. The summed E-state index contributed by atoms with van der Waals surface area (Å²) < 4.78 is 32.2. The lowest BCUT2D eigenvalue weighted by atomic mass is 10.2. The Morgan fingerprint density at radius 2 is 2.00 bits per heavy atom. The van der Waals surface area contributed by atoms with E-state index in [1.807, 2.05) is 19.2 Å². The van der Waals surface area contributed by atoms with Crippen molar-refractivity contribution < 1.29 is 12.9 Å². The first-order valence-corrected chi connectivity index (χ1v) is 10.2. The van der Waals surface area contributed by atoms with Gasteiger partial charge in [0.15, 0.2) is 0 Å². The molecule has 0 unspecified atom stereocenters. The summed E-state index contributed by atoms with van der Waals surface area (Å²) >= 11 is 1.51. The van der Waals surface area contributed by atoms with Crippen molar-refractivity contribution in [3.05, 3.63) is 46.7 Å². The van der Waals surface area contributed by atoms with E-state index < -0.39 is 10.0 Å². The van der Waals surface area contributed by atoms with Crippen molar-refractivity contribution in [3.8, 4) is 11.4 Å². The highest BCUT2D eigenvalue weighted by atomic mass is 32.2. The Morgan fingerprint density at radius 1 is 1.24 bits per heavy atom. The number of benzene rings is 1. The molecule has 2 heterocycles. The minimum Gasteiger partial charge on any atom is -0.339 e. The Bertz CT molecular complexity index is 917. The van der Waals surface area contributed by atoms with Crippen LogP contribution in [0.25, 0.3) is 11.4 Å². The van der Waals surface area contributed by atoms with Gasteiger partial charge in [-0.1, -0.05) is 19.0 Å². The van der Waals surface area contributed by atoms with Crippen LogP contribution in [0.1, 0.15) is 25.4 Å². The molecule has 3 rings (SSSR count). The Kier molecular flexibility index (Phi) is 5.26. The van der Waals surface area contributed by atoms with Crippen LogP contribution in [-0.4, -0.2) is 30.1 Å². The van der Waals surface area contributed by atoms with Gasteiger partial charge in [0.25, 0.3) is 0 Å². The largest absolute Gasteiger partial charge is 0.339 e. The smallest absolute Gasteiger partial charge is 0.240 e. The lowest BCUT2D eigenvalue weighted by Crippen LogP contribution is -2.27. The Morgan fingerprint density at radius 3 is 2.64 bits per heavy atom. The van der Waals surface area contributed by atoms with Crippen LogP contribution in [0.3, 0.4) is 0 Å². The number of hydrogen-bond donors (Lipinski definition) is 1. The van der Waals surface area contributed by atoms with Crippen LogP contribution in [-0.2, 0) is 16.4 Å². The summed E-state index contributed by atoms with van der Waals surface area (Å²) in [6.45, 7) is 4.30. The van der Waals surface area contributed by atoms with Gasteiger partial charge >= 0.3 is 0 Å². The Hall–Kier alpha value is -2.10. The zero-order chi connectivity index (χ0) is 17.9. The number of hydrogen-bond acceptors (Lipinski definition) is 7. The van der Waals surface area contributed by atoms with E-state index in [9.17, 15) is 8.42 Å². The fourth-order valence-electron chi connectivity index (χ4n) is 2.07. The van der Waals surface area contributed by atoms with Crippen molar-refractivity contribution in [1.82, 2.24) is 19.8 Å². The predicted octanol–water partition coefficient (Wildman–Crippen LogP) is 2.72. The number of rotatable bonds is 7. The molecule has 132 valence electrons. The average molecular weight is 378 g/mol. The van der Waals surface area contributed by atoms with E-state index in [0.717, 1.165) is 5.69 Å². The zero-order valence-corrected chi connectivity index (χ0v) is 15.5. The lowest BCUT2D eigenvalue weighted by molar-refractivity contribution is 0.385. The van der Waals surface area contributed by atoms with Crippen molar-refractivity contribution in [2.75, 3.05) is 6.54 Å². The van der Waals surface area contributed by atoms with Crippen molar-refractivity contribution in [2.45, 2.75) is 25.2 Å². The molecule has 1 N–H and O–H groups in total. The molecule has 9 heteroatoms. The van der Waals surface area contributed by atoms with Gasteiger partial charge in [0.2, 0.25) is 21.7 Å². The summed E-state index contributed by atoms with van der Waals surface area (Å²) in [6.07, 6.45) is 0.474. The van der Waals surface area contributed by atoms with Crippen LogP contribution < -0.4 is 4.72 Å². The summed E-state index contributed by atoms with van der Waals surface area (Å²) in [4.78, 5) is 8.72. The van der Waals surface area contributed by atoms with Gasteiger partial charge in [-0.25, -0.2) is 18.1 Å². The van der Waals surface area contributed by atoms with Gasteiger partial charge in [-0.3, -0.25) is 0 Å². The fourth-order valence-corrected chi connectivity index (χ4v) is 3.84. The normalized spacial score (nSPS) is 12.0. The van der Waals surface area contributed by atoms with E-state index in [1.165, 1.54) is 23.5 Å². The number of nitrogens with zero attached hydrogens (tertiary/aromatic N) is 3. The fraction of sp³-hybridized carbons (Fsp3) is 0.312. The molecule has 0 aliphatic heterocycles. The third-order valence-electron chi connectivity index (χ3n) is 3.39. The molecular formula is C16H18N4O3S2. The molecule has 2 aromatic heterocycles. The van der Waals surface area contributed by atoms with Gasteiger partial charge in [0, 0.05) is 17.5 Å². The maximum absolute atomic E-state index is 12.2. The van der Waals surface area contributed by atoms with Gasteiger partial charge in [0.05, 0.1) is 22.5 Å². The summed E-state index contributed by atoms with van der Waals surface area (Å²) in [6, 6.07) is 6.41. The second-order valence-corrected chi connectivity index (χ2v) is 8.42. The molecule has 0 spiro atoms. The first-order valence-electron chi connectivity index (χ1n) is 7.74. The molecule has 0 fully saturated rings. The van der Waals surface area contributed by atoms with Crippen LogP contribution in [0.5, 0.6) is 0 Å². The van der Waals surface area contributed by atoms with E-state index in [-0.39, 0.29) is 10.8 Å². The van der Waals surface area contributed by atoms with E-state index >= 15 is 0 Å². The van der Waals surface area contributed by atoms with Crippen LogP contribution in [0.2, 0.25) is 0 Å². The first kappa shape index (κ1) is 17.7. The summed E-state index contributed by atoms with van der Waals surface area (Å²) in [5.74, 6) is 1.13. The van der Waals surface area contributed by atoms with E-state index in [1.54, 1.807) is 17.6 Å². The van der Waals surface area contributed by atoms with Crippen LogP contribution in [0, 0.1) is 5.92 Å². The highest BCUT2D eigenvalue weighted by Gasteiger charge is 2.15. The van der Waals surface area contributed by atoms with Crippen LogP contribution in [0.4, 0.5) is 0 Å². The highest BCUT2D eigenvalue weighted by molar-refractivity contribution is 7.89. The maximum atomic E-state index is 12.2. The Labute approximate surface area is 150 Å². The first-order chi connectivity index (χ1) is 11.9. The second kappa shape index (κ2) is 7.42. The molecule has 0 aliphatic carbocycles. The number of nitrogens with one attached hydrogen (secondary N) is 1. The summed E-state index contributed by atoms with van der Waals surface area (Å²) in [7, 11) is -3.50. The summed E-state index contributed by atoms with van der Waals surface area (Å²) in [5, 5.41) is 5.87. The molecule has 0 bridgehead atoms. The van der Waals surface area contributed by atoms with Gasteiger partial charge in [0.1, 0.15) is 0 Å². The summed E-state index contributed by atoms with van der Waals surface area (Å²) in [5.41, 5.74) is 3.31. The van der Waals surface area contributed by atoms with Gasteiger partial charge in [-0.2, -0.15) is 4.98 Å². The van der Waals surface area contributed by atoms with Gasteiger partial charge in [-0.15, -0.1) is 11.3 Å². The number of sulfonamides is 1. The molecule has 0 atom stereocenters. The third kappa shape index (κ3) is 4.50. The molecule has 0 radical (unpaired) electrons. The lowest BCUT2D eigenvalue weighted by Gasteiger charge is -2.08. The molecule has 0 saturated carbocycles. The predicted molar refractivity (Wildman–Crippen MR) is 94.7 cm³/mol. The van der Waals surface area contributed by atoms with Crippen LogP contribution in [0.15, 0.2) is 44.6 Å². The Balaban J connectivity index is 1.73. The SMILES string of the molecule is CC(C)CNS(=O)(=O)c1ccc(-c2noc(Cc3cscn3)n2)cc1. The van der Waals surface area contributed by atoms with Gasteiger partial charge in [-0.05, 0) is 30.2 Å². The van der Waals surface area contributed by atoms with E-state index in [2.05, 4.69) is 19.8 Å². The molecule has 0 amide bonds. The van der Waals surface area contributed by atoms with E-state index in [4.69, 9.17) is 4.52 Å². The molecule has 0 saturated heterocycles. The van der Waals surface area contributed by atoms with Gasteiger partial charge < -0.3 is 4.52 Å². The minimum absolute atomic E-state index is 0.211. The molecule has 3 aromatic rings. The molecule has 0 aliphatic rings. The van der Waals surface area contributed by atoms with Crippen molar-refractivity contribution in [1.29, 1.82) is 0 Å². The topological polar surface area (TPSA) is 98.0 Å².